The molecule has 3 aromatic rings. The van der Waals surface area contributed by atoms with Gasteiger partial charge >= 0.3 is 0 Å². The van der Waals surface area contributed by atoms with Crippen molar-refractivity contribution < 1.29 is 14.0 Å². The minimum absolute atomic E-state index is 0.0337. The van der Waals surface area contributed by atoms with Gasteiger partial charge in [0.2, 0.25) is 0 Å². The maximum absolute atomic E-state index is 12.9. The second kappa shape index (κ2) is 8.85. The summed E-state index contributed by atoms with van der Waals surface area (Å²) >= 11 is 5.98. The van der Waals surface area contributed by atoms with Crippen LogP contribution in [0.2, 0.25) is 5.02 Å². The fraction of sp³-hybridized carbons (Fsp3) is 0. The topological polar surface area (TPSA) is 134 Å². The van der Waals surface area contributed by atoms with Crippen LogP contribution in [0.5, 0.6) is 0 Å². The molecule has 148 valence electrons. The Morgan fingerprint density at radius 1 is 0.897 bits per heavy atom. The smallest absolute Gasteiger partial charge is 0.271 e. The van der Waals surface area contributed by atoms with Gasteiger partial charge in [-0.15, -0.1) is 0 Å². The first-order valence-electron chi connectivity index (χ1n) is 8.19. The zero-order valence-electron chi connectivity index (χ0n) is 14.7. The van der Waals surface area contributed by atoms with Gasteiger partial charge in [0, 0.05) is 5.56 Å². The highest BCUT2D eigenvalue weighted by atomic mass is 35.5. The molecule has 0 saturated heterocycles. The van der Waals surface area contributed by atoms with Gasteiger partial charge in [0.25, 0.3) is 11.8 Å². The number of benzene rings is 2. The fourth-order valence-electron chi connectivity index (χ4n) is 2.21. The summed E-state index contributed by atoms with van der Waals surface area (Å²) in [7, 11) is 0. The number of nitrogens with one attached hydrogen (secondary N) is 4. The average Bonchev–Trinajstić information content (AvgIpc) is 2.72. The zero-order chi connectivity index (χ0) is 20.8. The van der Waals surface area contributed by atoms with Crippen molar-refractivity contribution in [3.63, 3.8) is 0 Å². The van der Waals surface area contributed by atoms with Crippen molar-refractivity contribution >= 4 is 40.7 Å². The first kappa shape index (κ1) is 19.8. The molecule has 0 saturated carbocycles. The number of rotatable bonds is 6. The lowest BCUT2D eigenvalue weighted by molar-refractivity contribution is 0.0954. The molecule has 0 spiro atoms. The van der Waals surface area contributed by atoms with Crippen LogP contribution in [-0.4, -0.2) is 21.8 Å². The SMILES string of the molecule is Nc1c(NNC(=O)c2ccc(F)cc2)ncnc1NNC(=O)c1ccccc1Cl. The summed E-state index contributed by atoms with van der Waals surface area (Å²) in [5.41, 5.74) is 16.4. The molecule has 0 aliphatic rings. The second-order valence-electron chi connectivity index (χ2n) is 5.63. The predicted octanol–water partition coefficient (Wildman–Crippen LogP) is 2.37. The van der Waals surface area contributed by atoms with Crippen molar-refractivity contribution in [3.05, 3.63) is 76.8 Å². The summed E-state index contributed by atoms with van der Waals surface area (Å²) in [6.45, 7) is 0. The number of nitrogen functional groups attached to an aromatic ring is 1. The van der Waals surface area contributed by atoms with E-state index in [-0.39, 0.29) is 33.5 Å². The fourth-order valence-corrected chi connectivity index (χ4v) is 2.43. The van der Waals surface area contributed by atoms with E-state index in [0.717, 1.165) is 12.1 Å². The van der Waals surface area contributed by atoms with Crippen molar-refractivity contribution in [1.82, 2.24) is 20.8 Å². The van der Waals surface area contributed by atoms with Gasteiger partial charge in [-0.25, -0.2) is 14.4 Å². The monoisotopic (exact) mass is 415 g/mol. The van der Waals surface area contributed by atoms with Gasteiger partial charge in [0.1, 0.15) is 17.8 Å². The Bertz CT molecular complexity index is 1050. The molecule has 3 rings (SSSR count). The number of anilines is 3. The molecule has 1 heterocycles. The Balaban J connectivity index is 1.63. The summed E-state index contributed by atoms with van der Waals surface area (Å²) in [5.74, 6) is -1.29. The lowest BCUT2D eigenvalue weighted by Crippen LogP contribution is -2.32. The molecule has 0 atom stereocenters. The number of carbonyl (C=O) groups is 2. The third-order valence-corrected chi connectivity index (χ3v) is 4.03. The van der Waals surface area contributed by atoms with Crippen molar-refractivity contribution in [3.8, 4) is 0 Å². The lowest BCUT2D eigenvalue weighted by atomic mass is 10.2. The number of nitrogens with zero attached hydrogens (tertiary/aromatic N) is 2. The van der Waals surface area contributed by atoms with Crippen molar-refractivity contribution in [2.45, 2.75) is 0 Å². The third kappa shape index (κ3) is 4.87. The Hall–Kier alpha value is -3.92. The normalized spacial score (nSPS) is 10.1. The van der Waals surface area contributed by atoms with Crippen molar-refractivity contribution in [1.29, 1.82) is 0 Å². The molecule has 0 aliphatic heterocycles. The third-order valence-electron chi connectivity index (χ3n) is 3.70. The van der Waals surface area contributed by atoms with E-state index in [1.54, 1.807) is 24.3 Å². The maximum Gasteiger partial charge on any atom is 0.271 e. The second-order valence-corrected chi connectivity index (χ2v) is 6.04. The van der Waals surface area contributed by atoms with Crippen LogP contribution in [0.4, 0.5) is 21.7 Å². The minimum Gasteiger partial charge on any atom is -0.393 e. The van der Waals surface area contributed by atoms with E-state index in [0.29, 0.717) is 0 Å². The highest BCUT2D eigenvalue weighted by molar-refractivity contribution is 6.33. The number of halogens is 2. The standard InChI is InChI=1S/C18H15ClFN7O2/c19-13-4-2-1-3-12(13)18(29)27-25-16-14(21)15(22-9-23-16)24-26-17(28)10-5-7-11(20)8-6-10/h1-9H,21H2,(H,26,28)(H,27,29)(H2,22,23,24,25). The molecule has 9 nitrogen and oxygen atoms in total. The molecular weight excluding hydrogens is 401 g/mol. The molecule has 2 aromatic carbocycles. The van der Waals surface area contributed by atoms with Crippen molar-refractivity contribution in [2.75, 3.05) is 16.6 Å². The van der Waals surface area contributed by atoms with Crippen LogP contribution >= 0.6 is 11.6 Å². The Labute approximate surface area is 169 Å². The molecule has 6 N–H and O–H groups in total. The van der Waals surface area contributed by atoms with Crippen LogP contribution in [0.1, 0.15) is 20.7 Å². The van der Waals surface area contributed by atoms with E-state index < -0.39 is 17.6 Å². The lowest BCUT2D eigenvalue weighted by Gasteiger charge is -2.14. The number of hydrogen-bond donors (Lipinski definition) is 5. The Morgan fingerprint density at radius 3 is 2.10 bits per heavy atom. The van der Waals surface area contributed by atoms with Gasteiger partial charge in [-0.1, -0.05) is 23.7 Å². The molecule has 0 radical (unpaired) electrons. The highest BCUT2D eigenvalue weighted by Gasteiger charge is 2.13. The zero-order valence-corrected chi connectivity index (χ0v) is 15.5. The number of hydrazine groups is 2. The van der Waals surface area contributed by atoms with Crippen LogP contribution in [0.3, 0.4) is 0 Å². The molecule has 2 amide bonds. The number of carbonyl (C=O) groups excluding carboxylic acids is 2. The van der Waals surface area contributed by atoms with Gasteiger partial charge in [-0.2, -0.15) is 0 Å². The van der Waals surface area contributed by atoms with Crippen LogP contribution in [0.25, 0.3) is 0 Å². The number of hydrogen-bond acceptors (Lipinski definition) is 7. The molecule has 0 aliphatic carbocycles. The van der Waals surface area contributed by atoms with E-state index in [9.17, 15) is 14.0 Å². The van der Waals surface area contributed by atoms with E-state index in [1.165, 1.54) is 18.5 Å². The largest absolute Gasteiger partial charge is 0.393 e. The van der Waals surface area contributed by atoms with Crippen LogP contribution in [0, 0.1) is 5.82 Å². The number of aromatic nitrogens is 2. The molecule has 1 aromatic heterocycles. The van der Waals surface area contributed by atoms with E-state index >= 15 is 0 Å². The predicted molar refractivity (Wildman–Crippen MR) is 106 cm³/mol. The minimum atomic E-state index is -0.524. The molecule has 0 bridgehead atoms. The molecular formula is C18H15ClFN7O2. The molecule has 29 heavy (non-hydrogen) atoms. The van der Waals surface area contributed by atoms with Crippen LogP contribution in [0.15, 0.2) is 54.9 Å². The van der Waals surface area contributed by atoms with Gasteiger partial charge in [-0.3, -0.25) is 31.3 Å². The Kier molecular flexibility index (Phi) is 6.05. The number of nitrogens with two attached hydrogens (primary N) is 1. The van der Waals surface area contributed by atoms with Gasteiger partial charge < -0.3 is 5.73 Å². The highest BCUT2D eigenvalue weighted by Crippen LogP contribution is 2.21. The molecule has 11 heteroatoms. The molecule has 0 unspecified atom stereocenters. The molecule has 0 fully saturated rings. The Morgan fingerprint density at radius 2 is 1.48 bits per heavy atom. The summed E-state index contributed by atoms with van der Waals surface area (Å²) in [6, 6.07) is 11.5. The average molecular weight is 416 g/mol. The summed E-state index contributed by atoms with van der Waals surface area (Å²) in [4.78, 5) is 32.1. The number of amides is 2. The van der Waals surface area contributed by atoms with Gasteiger partial charge in [0.05, 0.1) is 10.6 Å². The summed E-state index contributed by atoms with van der Waals surface area (Å²) in [6.07, 6.45) is 1.17. The quantitative estimate of drug-likeness (QED) is 0.390. The van der Waals surface area contributed by atoms with E-state index in [1.807, 2.05) is 0 Å². The van der Waals surface area contributed by atoms with E-state index in [4.69, 9.17) is 17.3 Å². The van der Waals surface area contributed by atoms with Gasteiger partial charge in [-0.05, 0) is 36.4 Å². The summed E-state index contributed by atoms with van der Waals surface area (Å²) in [5, 5.41) is 0.285. The first-order valence-corrected chi connectivity index (χ1v) is 8.57. The first-order chi connectivity index (χ1) is 14.0. The van der Waals surface area contributed by atoms with Gasteiger partial charge in [0.15, 0.2) is 11.6 Å². The van der Waals surface area contributed by atoms with Crippen molar-refractivity contribution in [2.24, 2.45) is 0 Å². The maximum atomic E-state index is 12.9. The van der Waals surface area contributed by atoms with E-state index in [2.05, 4.69) is 31.7 Å². The van der Waals surface area contributed by atoms with Crippen LogP contribution in [-0.2, 0) is 0 Å². The van der Waals surface area contributed by atoms with Crippen LogP contribution < -0.4 is 27.4 Å². The summed E-state index contributed by atoms with van der Waals surface area (Å²) < 4.78 is 12.9.